The van der Waals surface area contributed by atoms with Crippen molar-refractivity contribution in [1.29, 1.82) is 0 Å². The van der Waals surface area contributed by atoms with E-state index in [1.54, 1.807) is 28.9 Å². The van der Waals surface area contributed by atoms with Crippen LogP contribution in [0.4, 0.5) is 4.79 Å². The molecular formula is C40H54N6O11. The number of fused-ring (bicyclic) bond motifs is 1. The van der Waals surface area contributed by atoms with E-state index in [4.69, 9.17) is 23.7 Å². The fourth-order valence-corrected chi connectivity index (χ4v) is 7.34. The highest BCUT2D eigenvalue weighted by Gasteiger charge is 2.37. The molecule has 0 spiro atoms. The zero-order valence-corrected chi connectivity index (χ0v) is 33.0. The number of nitrogens with one attached hydrogen (secondary N) is 2. The molecule has 4 aliphatic rings. The molecule has 1 aromatic heterocycles. The van der Waals surface area contributed by atoms with Gasteiger partial charge in [0.25, 0.3) is 11.8 Å². The zero-order valence-electron chi connectivity index (χ0n) is 33.0. The molecule has 3 aliphatic heterocycles. The summed E-state index contributed by atoms with van der Waals surface area (Å²) in [5.74, 6) is -1.93. The number of carbonyl (C=O) groups is 6. The predicted octanol–water partition coefficient (Wildman–Crippen LogP) is 2.31. The van der Waals surface area contributed by atoms with Gasteiger partial charge in [0.15, 0.2) is 6.61 Å². The summed E-state index contributed by atoms with van der Waals surface area (Å²) in [6.45, 7) is 7.64. The third-order valence-electron chi connectivity index (χ3n) is 10.8. The topological polar surface area (TPSA) is 195 Å². The van der Waals surface area contributed by atoms with E-state index in [1.807, 2.05) is 19.9 Å². The van der Waals surface area contributed by atoms with Gasteiger partial charge in [0.1, 0.15) is 36.9 Å². The van der Waals surface area contributed by atoms with Crippen LogP contribution in [0.2, 0.25) is 0 Å². The van der Waals surface area contributed by atoms with E-state index in [0.717, 1.165) is 24.8 Å². The van der Waals surface area contributed by atoms with Crippen LogP contribution in [0.25, 0.3) is 10.9 Å². The number of piperazine rings is 1. The average molecular weight is 795 g/mol. The summed E-state index contributed by atoms with van der Waals surface area (Å²) in [5.41, 5.74) is 0.739. The number of likely N-dealkylation sites (tertiary alicyclic amines) is 1. The fourth-order valence-electron chi connectivity index (χ4n) is 7.34. The van der Waals surface area contributed by atoms with E-state index in [-0.39, 0.29) is 94.9 Å². The van der Waals surface area contributed by atoms with Crippen LogP contribution in [0.5, 0.6) is 5.75 Å². The molecule has 2 N–H and O–H groups in total. The molecule has 310 valence electrons. The van der Waals surface area contributed by atoms with Gasteiger partial charge in [0.05, 0.1) is 25.3 Å². The van der Waals surface area contributed by atoms with E-state index in [2.05, 4.69) is 15.6 Å². The first-order valence-corrected chi connectivity index (χ1v) is 19.9. The number of hydrogen-bond acceptors (Lipinski definition) is 12. The van der Waals surface area contributed by atoms with Crippen LogP contribution in [0.3, 0.4) is 0 Å². The number of esters is 1. The number of pyridine rings is 1. The van der Waals surface area contributed by atoms with E-state index in [0.29, 0.717) is 43.5 Å². The Hall–Kier alpha value is -5.03. The molecule has 0 radical (unpaired) electrons. The van der Waals surface area contributed by atoms with Gasteiger partial charge in [-0.3, -0.25) is 24.0 Å². The van der Waals surface area contributed by atoms with E-state index >= 15 is 0 Å². The molecule has 57 heavy (non-hydrogen) atoms. The van der Waals surface area contributed by atoms with Gasteiger partial charge in [-0.05, 0) is 70.1 Å². The van der Waals surface area contributed by atoms with Crippen LogP contribution in [0.1, 0.15) is 74.8 Å². The predicted molar refractivity (Wildman–Crippen MR) is 204 cm³/mol. The van der Waals surface area contributed by atoms with Crippen molar-refractivity contribution in [1.82, 2.24) is 30.3 Å². The first-order valence-electron chi connectivity index (χ1n) is 19.9. The summed E-state index contributed by atoms with van der Waals surface area (Å²) in [7, 11) is 0. The van der Waals surface area contributed by atoms with E-state index in [1.165, 1.54) is 11.0 Å². The van der Waals surface area contributed by atoms with Crippen LogP contribution < -0.4 is 15.4 Å². The summed E-state index contributed by atoms with van der Waals surface area (Å²) in [6, 6.07) is 5.33. The highest BCUT2D eigenvalue weighted by Crippen LogP contribution is 2.28. The Morgan fingerprint density at radius 3 is 2.39 bits per heavy atom. The maximum atomic E-state index is 14.0. The highest BCUT2D eigenvalue weighted by atomic mass is 16.7. The summed E-state index contributed by atoms with van der Waals surface area (Å²) >= 11 is 0. The van der Waals surface area contributed by atoms with Crippen LogP contribution in [0, 0.1) is 12.3 Å². The van der Waals surface area contributed by atoms with Crippen molar-refractivity contribution >= 4 is 46.6 Å². The van der Waals surface area contributed by atoms with Crippen molar-refractivity contribution in [3.63, 3.8) is 0 Å². The van der Waals surface area contributed by atoms with Crippen molar-refractivity contribution in [3.8, 4) is 5.75 Å². The van der Waals surface area contributed by atoms with E-state index in [9.17, 15) is 28.8 Å². The van der Waals surface area contributed by atoms with Crippen molar-refractivity contribution < 1.29 is 52.5 Å². The molecule has 17 nitrogen and oxygen atoms in total. The van der Waals surface area contributed by atoms with Gasteiger partial charge in [-0.25, -0.2) is 9.78 Å². The molecule has 3 saturated heterocycles. The van der Waals surface area contributed by atoms with Crippen molar-refractivity contribution in [2.75, 3.05) is 72.6 Å². The fraction of sp³-hybridized carbons (Fsp3) is 0.625. The molecule has 0 bridgehead atoms. The van der Waals surface area contributed by atoms with E-state index < -0.39 is 41.4 Å². The molecule has 0 unspecified atom stereocenters. The molecule has 2 aromatic rings. The van der Waals surface area contributed by atoms with Crippen LogP contribution in [-0.4, -0.2) is 146 Å². The van der Waals surface area contributed by atoms with Gasteiger partial charge in [0.2, 0.25) is 11.8 Å². The smallest absolute Gasteiger partial charge is 0.409 e. The SMILES string of the molecule is CCOC(=O)N1CCN(C(=O)[C@H](CCC(=O)OCC2(C)COCOC2)NC(=O)c2cc(OCC(=O)N3CCC[C@H]3C(=O)NC3CCC3)c3ccc(C)cc3n2)CC1. The Bertz CT molecular complexity index is 1810. The number of amides is 5. The molecule has 2 atom stereocenters. The number of hydrogen-bond donors (Lipinski definition) is 2. The van der Waals surface area contributed by atoms with Crippen molar-refractivity contribution in [2.45, 2.75) is 83.8 Å². The number of ether oxygens (including phenoxy) is 5. The number of carbonyl (C=O) groups excluding carboxylic acids is 6. The van der Waals surface area contributed by atoms with Gasteiger partial charge >= 0.3 is 12.1 Å². The van der Waals surface area contributed by atoms with Gasteiger partial charge in [-0.1, -0.05) is 13.0 Å². The third kappa shape index (κ3) is 10.7. The standard InChI is InChI=1S/C40H54N6O11/c1-4-55-39(52)45-17-15-44(16-18-45)38(51)29(12-13-35(48)57-24-40(3)22-53-25-54-23-40)43-36(49)31-20-33(28-11-10-26(2)19-30(28)42-31)56-21-34(47)46-14-6-9-32(46)37(50)41-27-7-5-8-27/h10-11,19-20,27,29,32H,4-9,12-18,21-25H2,1-3H3,(H,41,50)(H,43,49)/t29-,32-/m0/s1. The second kappa shape index (κ2) is 18.9. The van der Waals surface area contributed by atoms with Crippen molar-refractivity contribution in [2.24, 2.45) is 5.41 Å². The highest BCUT2D eigenvalue weighted by molar-refractivity contribution is 5.99. The first kappa shape index (κ1) is 41.6. The molecule has 1 aromatic carbocycles. The second-order valence-electron chi connectivity index (χ2n) is 15.6. The number of benzene rings is 1. The molecular weight excluding hydrogens is 740 g/mol. The lowest BCUT2D eigenvalue weighted by molar-refractivity contribution is -0.181. The second-order valence-corrected chi connectivity index (χ2v) is 15.6. The molecule has 1 aliphatic carbocycles. The average Bonchev–Trinajstić information content (AvgIpc) is 3.69. The summed E-state index contributed by atoms with van der Waals surface area (Å²) in [4.78, 5) is 88.9. The monoisotopic (exact) mass is 794 g/mol. The molecule has 5 amide bonds. The first-order chi connectivity index (χ1) is 27.4. The molecule has 17 heteroatoms. The van der Waals surface area contributed by atoms with Gasteiger partial charge in [0, 0.05) is 62.1 Å². The quantitative estimate of drug-likeness (QED) is 0.266. The zero-order chi connectivity index (χ0) is 40.5. The maximum Gasteiger partial charge on any atom is 0.409 e. The molecule has 4 fully saturated rings. The molecule has 1 saturated carbocycles. The molecule has 4 heterocycles. The number of aromatic nitrogens is 1. The van der Waals surface area contributed by atoms with Crippen LogP contribution >= 0.6 is 0 Å². The third-order valence-corrected chi connectivity index (χ3v) is 10.8. The Balaban J connectivity index is 1.15. The van der Waals surface area contributed by atoms with Gasteiger partial charge in [-0.15, -0.1) is 0 Å². The van der Waals surface area contributed by atoms with Gasteiger partial charge in [-0.2, -0.15) is 0 Å². The van der Waals surface area contributed by atoms with Gasteiger partial charge < -0.3 is 49.0 Å². The van der Waals surface area contributed by atoms with Crippen LogP contribution in [-0.2, 0) is 38.1 Å². The lowest BCUT2D eigenvalue weighted by atomic mass is 9.93. The Kier molecular flexibility index (Phi) is 13.8. The Morgan fingerprint density at radius 2 is 1.68 bits per heavy atom. The van der Waals surface area contributed by atoms with Crippen molar-refractivity contribution in [3.05, 3.63) is 35.5 Å². The number of aryl methyl sites for hydroxylation is 1. The summed E-state index contributed by atoms with van der Waals surface area (Å²) in [6.07, 6.45) is 3.55. The Morgan fingerprint density at radius 1 is 0.947 bits per heavy atom. The minimum atomic E-state index is -1.14. The maximum absolute atomic E-state index is 14.0. The Labute approximate surface area is 332 Å². The summed E-state index contributed by atoms with van der Waals surface area (Å²) in [5, 5.41) is 6.41. The number of nitrogens with zero attached hydrogens (tertiary/aromatic N) is 4. The normalized spacial score (nSPS) is 20.0. The lowest BCUT2D eigenvalue weighted by Gasteiger charge is -2.36. The minimum absolute atomic E-state index is 0.0599. The molecule has 6 rings (SSSR count). The number of rotatable bonds is 14. The summed E-state index contributed by atoms with van der Waals surface area (Å²) < 4.78 is 27.5. The van der Waals surface area contributed by atoms with Crippen LogP contribution in [0.15, 0.2) is 24.3 Å². The minimum Gasteiger partial charge on any atom is -0.483 e. The lowest BCUT2D eigenvalue weighted by Crippen LogP contribution is -2.56. The largest absolute Gasteiger partial charge is 0.483 e.